The van der Waals surface area contributed by atoms with Gasteiger partial charge in [0.2, 0.25) is 29.5 Å². The van der Waals surface area contributed by atoms with E-state index >= 15 is 0 Å². The van der Waals surface area contributed by atoms with Gasteiger partial charge in [-0.1, -0.05) is 34.6 Å². The number of amides is 5. The number of H-pyrrole nitrogens is 1. The van der Waals surface area contributed by atoms with E-state index in [4.69, 9.17) is 34.2 Å². The van der Waals surface area contributed by atoms with E-state index in [2.05, 4.69) is 31.2 Å². The van der Waals surface area contributed by atoms with E-state index in [0.29, 0.717) is 5.69 Å². The Morgan fingerprint density at radius 2 is 1.36 bits per heavy atom. The molecule has 26 atom stereocenters. The number of hydrogen-bond donors (Lipinski definition) is 19. The molecule has 20 N–H and O–H groups in total. The van der Waals surface area contributed by atoms with Crippen LogP contribution in [0.2, 0.25) is 0 Å². The number of ketones is 4. The molecule has 102 heavy (non-hydrogen) atoms. The summed E-state index contributed by atoms with van der Waals surface area (Å²) in [7, 11) is 0. The Morgan fingerprint density at radius 1 is 0.745 bits per heavy atom. The van der Waals surface area contributed by atoms with E-state index in [1.807, 2.05) is 0 Å². The first kappa shape index (κ1) is 86.1. The second kappa shape index (κ2) is 39.0. The third-order valence-corrected chi connectivity index (χ3v) is 19.0. The van der Waals surface area contributed by atoms with E-state index in [-0.39, 0.29) is 38.6 Å². The number of carbonyl (C=O) groups is 11. The summed E-state index contributed by atoms with van der Waals surface area (Å²) in [6.45, 7) is 6.61. The maximum atomic E-state index is 14.2. The molecular formula is C64H102N8O30. The second-order valence-electron chi connectivity index (χ2n) is 27.0. The van der Waals surface area contributed by atoms with Crippen LogP contribution in [0.25, 0.3) is 0 Å². The molecule has 7 unspecified atom stereocenters. The molecule has 4 saturated heterocycles. The zero-order chi connectivity index (χ0) is 76.5. The highest BCUT2D eigenvalue weighted by atomic mass is 16.8. The van der Waals surface area contributed by atoms with Gasteiger partial charge in [-0.3, -0.25) is 47.9 Å². The number of rotatable bonds is 40. The lowest BCUT2D eigenvalue weighted by Crippen LogP contribution is -2.68. The number of aliphatic hydroxyl groups is 11. The van der Waals surface area contributed by atoms with Crippen molar-refractivity contribution in [3.8, 4) is 0 Å². The first-order valence-corrected chi connectivity index (χ1v) is 33.9. The van der Waals surface area contributed by atoms with Crippen LogP contribution in [0.3, 0.4) is 0 Å². The average Bonchev–Trinajstić information content (AvgIpc) is 0.863. The number of ether oxygens (including phenoxy) is 6. The van der Waals surface area contributed by atoms with Crippen LogP contribution in [0.15, 0.2) is 12.5 Å². The van der Waals surface area contributed by atoms with Crippen LogP contribution in [0.1, 0.15) is 112 Å². The normalized spacial score (nSPS) is 30.0. The summed E-state index contributed by atoms with van der Waals surface area (Å²) in [6, 6.07) is -7.03. The zero-order valence-corrected chi connectivity index (χ0v) is 58.0. The van der Waals surface area contributed by atoms with Gasteiger partial charge in [0, 0.05) is 74.7 Å². The van der Waals surface area contributed by atoms with Gasteiger partial charge in [0.05, 0.1) is 100 Å². The van der Waals surface area contributed by atoms with Gasteiger partial charge in [-0.25, -0.2) is 9.78 Å². The van der Waals surface area contributed by atoms with Gasteiger partial charge in [-0.2, -0.15) is 0 Å². The number of carboxylic acids is 2. The van der Waals surface area contributed by atoms with Crippen LogP contribution in [-0.2, 0) is 87.6 Å². The van der Waals surface area contributed by atoms with Gasteiger partial charge in [0.1, 0.15) is 67.0 Å². The number of nitrogens with one attached hydrogen (secondary N) is 5. The van der Waals surface area contributed by atoms with Gasteiger partial charge in [0.15, 0.2) is 35.7 Å². The number of carboxylic acid groups (broad SMARTS) is 2. The molecule has 4 aliphatic rings. The van der Waals surface area contributed by atoms with Crippen molar-refractivity contribution in [3.63, 3.8) is 0 Å². The predicted octanol–water partition coefficient (Wildman–Crippen LogP) is -7.32. The molecule has 0 bridgehead atoms. The van der Waals surface area contributed by atoms with Crippen LogP contribution < -0.4 is 27.0 Å². The van der Waals surface area contributed by atoms with Gasteiger partial charge in [0.25, 0.3) is 5.79 Å². The lowest BCUT2D eigenvalue weighted by atomic mass is 9.84. The SMILES string of the molecule is CCC(=O)[C@@H](NC(=O)[C@H](CC(=O)O)CC(=O)[C@@H]1CCCN1C(=O)[C@H](C)NC(=O)[C@H](CO)CC(=O)[C@@H](NC(=O)[C@@H](CC(=O)CNC(=O)[C@@H](N)Cc1cnc[nH]1)C(C)C)C(C)O)C(C)O[C@H]1OC(CO)[C@H](O)[C@H](O[C@@H]2OC(CO)[C@H](O)[C@H](O[C@]3(C(=O)O)C[C@@H](O)[C@@H](C)C([C@H](O)[C@H](O)CO)O3)C2O)C1C. The summed E-state index contributed by atoms with van der Waals surface area (Å²) < 4.78 is 35.3. The van der Waals surface area contributed by atoms with Crippen LogP contribution in [-0.4, -0.2) is 313 Å². The molecule has 5 amide bonds. The van der Waals surface area contributed by atoms with Gasteiger partial charge in [-0.15, -0.1) is 0 Å². The topological polar surface area (TPSA) is 612 Å². The Morgan fingerprint density at radius 3 is 1.92 bits per heavy atom. The molecule has 0 aliphatic carbocycles. The van der Waals surface area contributed by atoms with E-state index in [0.717, 1.165) is 4.90 Å². The maximum Gasteiger partial charge on any atom is 0.364 e. The number of imidazole rings is 1. The Kier molecular flexibility index (Phi) is 32.9. The van der Waals surface area contributed by atoms with Gasteiger partial charge >= 0.3 is 11.9 Å². The molecule has 38 nitrogen and oxygen atoms in total. The van der Waals surface area contributed by atoms with Crippen molar-refractivity contribution >= 4 is 64.6 Å². The molecule has 38 heteroatoms. The Hall–Kier alpha value is -6.54. The molecule has 0 aromatic carbocycles. The van der Waals surface area contributed by atoms with Crippen LogP contribution in [0, 0.1) is 35.5 Å². The minimum atomic E-state index is -3.01. The zero-order valence-electron chi connectivity index (χ0n) is 58.0. The van der Waals surface area contributed by atoms with E-state index < -0.39 is 287 Å². The Balaban J connectivity index is 1.23. The first-order chi connectivity index (χ1) is 47.9. The van der Waals surface area contributed by atoms with Crippen molar-refractivity contribution in [1.82, 2.24) is 36.1 Å². The molecule has 4 fully saturated rings. The fraction of sp³-hybridized carbons (Fsp3) is 0.781. The van der Waals surface area contributed by atoms with Crippen LogP contribution >= 0.6 is 0 Å². The van der Waals surface area contributed by atoms with Crippen molar-refractivity contribution in [2.45, 2.75) is 241 Å². The Labute approximate surface area is 586 Å². The van der Waals surface area contributed by atoms with Crippen molar-refractivity contribution in [3.05, 3.63) is 18.2 Å². The number of aliphatic carboxylic acids is 2. The second-order valence-corrected chi connectivity index (χ2v) is 27.0. The lowest BCUT2D eigenvalue weighted by Gasteiger charge is -2.50. The monoisotopic (exact) mass is 1460 g/mol. The molecule has 5 heterocycles. The highest BCUT2D eigenvalue weighted by molar-refractivity contribution is 5.98. The van der Waals surface area contributed by atoms with E-state index in [1.54, 1.807) is 13.8 Å². The summed E-state index contributed by atoms with van der Waals surface area (Å²) in [4.78, 5) is 156. The highest BCUT2D eigenvalue weighted by Gasteiger charge is 2.59. The minimum absolute atomic E-state index is 0.0210. The lowest BCUT2D eigenvalue weighted by molar-refractivity contribution is -0.386. The first-order valence-electron chi connectivity index (χ1n) is 33.9. The molecule has 578 valence electrons. The van der Waals surface area contributed by atoms with E-state index in [1.165, 1.54) is 54.1 Å². The summed E-state index contributed by atoms with van der Waals surface area (Å²) >= 11 is 0. The molecule has 1 aromatic rings. The van der Waals surface area contributed by atoms with Crippen molar-refractivity contribution in [1.29, 1.82) is 0 Å². The molecule has 1 aromatic heterocycles. The fourth-order valence-corrected chi connectivity index (χ4v) is 12.7. The average molecular weight is 1460 g/mol. The molecule has 0 spiro atoms. The summed E-state index contributed by atoms with van der Waals surface area (Å²) in [5, 5.41) is 148. The number of likely N-dealkylation sites (tertiary alicyclic amines) is 1. The summed E-state index contributed by atoms with van der Waals surface area (Å²) in [5.41, 5.74) is 6.53. The van der Waals surface area contributed by atoms with Crippen LogP contribution in [0.4, 0.5) is 0 Å². The highest BCUT2D eigenvalue weighted by Crippen LogP contribution is 2.41. The summed E-state index contributed by atoms with van der Waals surface area (Å²) in [6.07, 6.45) is -28.2. The van der Waals surface area contributed by atoms with Gasteiger partial charge in [-0.05, 0) is 39.5 Å². The van der Waals surface area contributed by atoms with Crippen LogP contribution in [0.5, 0.6) is 0 Å². The maximum absolute atomic E-state index is 14.2. The smallest absolute Gasteiger partial charge is 0.364 e. The number of nitrogens with zero attached hydrogens (tertiary/aromatic N) is 2. The number of aromatic nitrogens is 2. The number of hydrogen-bond acceptors (Lipinski definition) is 30. The standard InChI is InChI=1S/C64H102N8O30/c1-9-39(79)48(31(8)97-61-28(5)53(50(87)44(23-75)98-61)100-62-52(89)55(51(88)45(24-76)99-62)102-64(63(95)96)18-42(82)27(4)54(101-64)49(86)43(83)22-74)71-56(90)32(15-46(84)85)13-40(80)38-11-10-12-72(38)60(94)29(6)69-57(91)33(21-73)14-41(81)47(30(7)77)70-58(92)36(26(2)3)17-35(78)20-67-59(93)37(65)16-34-19-66-25-68-34/h19,25-33,36-38,42-45,47-55,61-62,73-77,82-83,86-89H,9-18,20-24,65H2,1-8H3,(H,66,68)(H,67,93)(H,69,91)(H,70,92)(H,71,90)(H,84,85)(H,95,96)/t27-,28?,29+,30?,31?,32+,33+,36+,37+,38+,42-,43-,44?,45?,47+,48+,49-,50+,51+,52?,53-,54?,55+,61+,62+,64+/m1/s1. The third-order valence-electron chi connectivity index (χ3n) is 19.0. The van der Waals surface area contributed by atoms with Crippen molar-refractivity contribution in [2.75, 3.05) is 39.5 Å². The molecular weight excluding hydrogens is 1360 g/mol. The molecule has 0 radical (unpaired) electrons. The number of aromatic amines is 1. The molecule has 0 saturated carbocycles. The number of aliphatic hydroxyl groups excluding tert-OH is 11. The van der Waals surface area contributed by atoms with Crippen molar-refractivity contribution in [2.24, 2.45) is 41.2 Å². The minimum Gasteiger partial charge on any atom is -0.481 e. The van der Waals surface area contributed by atoms with Crippen molar-refractivity contribution < 1.29 is 148 Å². The predicted molar refractivity (Wildman–Crippen MR) is 343 cm³/mol. The number of nitrogens with two attached hydrogens (primary N) is 1. The quantitative estimate of drug-likeness (QED) is 0.0290. The molecule has 5 rings (SSSR count). The Bertz CT molecular complexity index is 3000. The fourth-order valence-electron chi connectivity index (χ4n) is 12.7. The summed E-state index contributed by atoms with van der Waals surface area (Å²) in [5.74, 6) is -21.1. The number of carbonyl (C=O) groups excluding carboxylic acids is 9. The number of Topliss-reactive ketones (excluding diaryl/α,β-unsaturated/α-hetero) is 4. The largest absolute Gasteiger partial charge is 0.481 e. The van der Waals surface area contributed by atoms with Gasteiger partial charge < -0.3 is 132 Å². The molecule has 4 aliphatic heterocycles. The third kappa shape index (κ3) is 22.0. The van der Waals surface area contributed by atoms with E-state index in [9.17, 15) is 119 Å².